The maximum Gasteiger partial charge on any atom is 0.365 e. The van der Waals surface area contributed by atoms with Crippen LogP contribution in [-0.2, 0) is 5.88 Å². The number of benzene rings is 1. The zero-order valence-corrected chi connectivity index (χ0v) is 7.90. The van der Waals surface area contributed by atoms with Crippen molar-refractivity contribution in [1.82, 2.24) is 20.2 Å². The molecule has 0 atom stereocenters. The maximum absolute atomic E-state index is 11.1. The Balaban J connectivity index is 2.44. The Labute approximate surface area is 84.3 Å². The summed E-state index contributed by atoms with van der Waals surface area (Å²) in [7, 11) is 0. The van der Waals surface area contributed by atoms with Gasteiger partial charge in [0, 0.05) is 5.88 Å². The zero-order valence-electron chi connectivity index (χ0n) is 7.14. The van der Waals surface area contributed by atoms with Crippen LogP contribution in [0.5, 0.6) is 0 Å². The predicted octanol–water partition coefficient (Wildman–Crippen LogP) is 0.694. The highest BCUT2D eigenvalue weighted by Gasteiger charge is 2.01. The van der Waals surface area contributed by atoms with E-state index in [1.54, 1.807) is 12.1 Å². The molecule has 1 N–H and O–H groups in total. The third-order valence-electron chi connectivity index (χ3n) is 1.81. The van der Waals surface area contributed by atoms with Crippen LogP contribution >= 0.6 is 11.6 Å². The van der Waals surface area contributed by atoms with Gasteiger partial charge in [-0.25, -0.2) is 9.89 Å². The highest BCUT2D eigenvalue weighted by Crippen LogP contribution is 2.08. The molecule has 0 saturated heterocycles. The number of H-pyrrole nitrogens is 1. The SMILES string of the molecule is O=c1[nH]nnn1-c1ccc(CCl)cc1. The molecular weight excluding hydrogens is 204 g/mol. The van der Waals surface area contributed by atoms with Crippen molar-refractivity contribution in [2.75, 3.05) is 0 Å². The smallest absolute Gasteiger partial charge is 0.244 e. The van der Waals surface area contributed by atoms with Crippen molar-refractivity contribution in [2.24, 2.45) is 0 Å². The summed E-state index contributed by atoms with van der Waals surface area (Å²) in [6.45, 7) is 0. The molecular formula is C8H7ClN4O. The molecule has 2 rings (SSSR count). The van der Waals surface area contributed by atoms with Crippen LogP contribution in [0.2, 0.25) is 0 Å². The van der Waals surface area contributed by atoms with Crippen molar-refractivity contribution in [2.45, 2.75) is 5.88 Å². The Morgan fingerprint density at radius 3 is 2.57 bits per heavy atom. The first-order chi connectivity index (χ1) is 6.81. The first kappa shape index (κ1) is 8.96. The fraction of sp³-hybridized carbons (Fsp3) is 0.125. The number of aromatic nitrogens is 4. The standard InChI is InChI=1S/C8H7ClN4O/c9-5-6-1-3-7(4-2-6)13-8(14)10-11-12-13/h1-4H,5H2,(H,10,12,14). The Morgan fingerprint density at radius 1 is 1.36 bits per heavy atom. The molecule has 0 radical (unpaired) electrons. The highest BCUT2D eigenvalue weighted by atomic mass is 35.5. The minimum absolute atomic E-state index is 0.358. The molecule has 0 amide bonds. The summed E-state index contributed by atoms with van der Waals surface area (Å²) in [6.07, 6.45) is 0. The highest BCUT2D eigenvalue weighted by molar-refractivity contribution is 6.17. The van der Waals surface area contributed by atoms with Crippen molar-refractivity contribution in [3.05, 3.63) is 40.3 Å². The largest absolute Gasteiger partial charge is 0.365 e. The summed E-state index contributed by atoms with van der Waals surface area (Å²) >= 11 is 5.63. The molecule has 6 heteroatoms. The van der Waals surface area contributed by atoms with Gasteiger partial charge in [-0.1, -0.05) is 12.1 Å². The molecule has 0 fully saturated rings. The second kappa shape index (κ2) is 3.63. The molecule has 0 saturated carbocycles. The van der Waals surface area contributed by atoms with E-state index in [-0.39, 0.29) is 5.69 Å². The Hall–Kier alpha value is -1.62. The minimum atomic E-state index is -0.358. The number of aromatic amines is 1. The average Bonchev–Trinajstić information content (AvgIpc) is 2.65. The van der Waals surface area contributed by atoms with Gasteiger partial charge < -0.3 is 0 Å². The number of nitrogens with one attached hydrogen (secondary N) is 1. The van der Waals surface area contributed by atoms with Crippen LogP contribution < -0.4 is 5.69 Å². The number of tetrazole rings is 1. The Morgan fingerprint density at radius 2 is 2.07 bits per heavy atom. The van der Waals surface area contributed by atoms with Gasteiger partial charge >= 0.3 is 5.69 Å². The van der Waals surface area contributed by atoms with Crippen molar-refractivity contribution < 1.29 is 0 Å². The lowest BCUT2D eigenvalue weighted by Gasteiger charge is -1.98. The minimum Gasteiger partial charge on any atom is -0.244 e. The van der Waals surface area contributed by atoms with Crippen LogP contribution in [0.15, 0.2) is 29.1 Å². The number of alkyl halides is 1. The molecule has 5 nitrogen and oxygen atoms in total. The Bertz CT molecular complexity index is 473. The van der Waals surface area contributed by atoms with Crippen molar-refractivity contribution in [1.29, 1.82) is 0 Å². The van der Waals surface area contributed by atoms with E-state index in [9.17, 15) is 4.79 Å². The third kappa shape index (κ3) is 1.54. The van der Waals surface area contributed by atoms with Gasteiger partial charge in [0.2, 0.25) is 0 Å². The van der Waals surface area contributed by atoms with Crippen LogP contribution in [0.1, 0.15) is 5.56 Å². The second-order valence-electron chi connectivity index (χ2n) is 2.72. The molecule has 1 aromatic carbocycles. The van der Waals surface area contributed by atoms with E-state index in [1.807, 2.05) is 12.1 Å². The fourth-order valence-corrected chi connectivity index (χ4v) is 1.27. The summed E-state index contributed by atoms with van der Waals surface area (Å²) in [5.41, 5.74) is 1.30. The van der Waals surface area contributed by atoms with Gasteiger partial charge in [-0.05, 0) is 28.1 Å². The van der Waals surface area contributed by atoms with Gasteiger partial charge in [-0.3, -0.25) is 0 Å². The summed E-state index contributed by atoms with van der Waals surface area (Å²) < 4.78 is 1.18. The van der Waals surface area contributed by atoms with Crippen LogP contribution in [0.4, 0.5) is 0 Å². The zero-order chi connectivity index (χ0) is 9.97. The van der Waals surface area contributed by atoms with E-state index in [0.717, 1.165) is 5.56 Å². The molecule has 0 aliphatic rings. The van der Waals surface area contributed by atoms with E-state index in [4.69, 9.17) is 11.6 Å². The van der Waals surface area contributed by atoms with E-state index in [2.05, 4.69) is 15.5 Å². The molecule has 0 bridgehead atoms. The van der Waals surface area contributed by atoms with E-state index >= 15 is 0 Å². The number of hydrogen-bond acceptors (Lipinski definition) is 3. The molecule has 1 aromatic heterocycles. The summed E-state index contributed by atoms with van der Waals surface area (Å²) in [6, 6.07) is 7.20. The Kier molecular flexibility index (Phi) is 2.32. The van der Waals surface area contributed by atoms with Crippen LogP contribution in [0, 0.1) is 0 Å². The molecule has 72 valence electrons. The molecule has 14 heavy (non-hydrogen) atoms. The molecule has 0 spiro atoms. The third-order valence-corrected chi connectivity index (χ3v) is 2.12. The first-order valence-corrected chi connectivity index (χ1v) is 4.50. The van der Waals surface area contributed by atoms with Gasteiger partial charge in [0.15, 0.2) is 0 Å². The van der Waals surface area contributed by atoms with Crippen LogP contribution in [-0.4, -0.2) is 20.2 Å². The van der Waals surface area contributed by atoms with Crippen LogP contribution in [0.3, 0.4) is 0 Å². The molecule has 2 aromatic rings. The lowest BCUT2D eigenvalue weighted by atomic mass is 10.2. The number of halogens is 1. The first-order valence-electron chi connectivity index (χ1n) is 3.97. The van der Waals surface area contributed by atoms with Gasteiger partial charge in [0.25, 0.3) is 0 Å². The average molecular weight is 211 g/mol. The monoisotopic (exact) mass is 210 g/mol. The summed E-state index contributed by atoms with van der Waals surface area (Å²) in [5.74, 6) is 0.452. The number of nitrogens with zero attached hydrogens (tertiary/aromatic N) is 3. The topological polar surface area (TPSA) is 63.6 Å². The summed E-state index contributed by atoms with van der Waals surface area (Å²) in [4.78, 5) is 11.1. The fourth-order valence-electron chi connectivity index (χ4n) is 1.09. The number of hydrogen-bond donors (Lipinski definition) is 1. The lowest BCUT2D eigenvalue weighted by molar-refractivity contribution is 0.779. The molecule has 0 aliphatic carbocycles. The molecule has 1 heterocycles. The second-order valence-corrected chi connectivity index (χ2v) is 2.99. The number of rotatable bonds is 2. The molecule has 0 aliphatic heterocycles. The van der Waals surface area contributed by atoms with Crippen molar-refractivity contribution in [3.8, 4) is 5.69 Å². The molecule has 0 unspecified atom stereocenters. The lowest BCUT2D eigenvalue weighted by Crippen LogP contribution is -2.15. The summed E-state index contributed by atoms with van der Waals surface area (Å²) in [5, 5.41) is 9.21. The van der Waals surface area contributed by atoms with E-state index in [0.29, 0.717) is 11.6 Å². The van der Waals surface area contributed by atoms with Crippen molar-refractivity contribution in [3.63, 3.8) is 0 Å². The van der Waals surface area contributed by atoms with Crippen LogP contribution in [0.25, 0.3) is 5.69 Å². The van der Waals surface area contributed by atoms with Crippen molar-refractivity contribution >= 4 is 11.6 Å². The van der Waals surface area contributed by atoms with E-state index < -0.39 is 0 Å². The normalized spacial score (nSPS) is 10.4. The van der Waals surface area contributed by atoms with Gasteiger partial charge in [-0.2, -0.15) is 4.68 Å². The van der Waals surface area contributed by atoms with Gasteiger partial charge in [0.05, 0.1) is 5.69 Å². The van der Waals surface area contributed by atoms with Gasteiger partial charge in [-0.15, -0.1) is 11.6 Å². The van der Waals surface area contributed by atoms with Gasteiger partial charge in [0.1, 0.15) is 0 Å². The maximum atomic E-state index is 11.1. The van der Waals surface area contributed by atoms with E-state index in [1.165, 1.54) is 4.68 Å². The predicted molar refractivity (Wildman–Crippen MR) is 51.5 cm³/mol. The quantitative estimate of drug-likeness (QED) is 0.742.